The lowest BCUT2D eigenvalue weighted by Gasteiger charge is -2.51. The summed E-state index contributed by atoms with van der Waals surface area (Å²) >= 11 is 0. The molecule has 0 aromatic carbocycles. The van der Waals surface area contributed by atoms with Gasteiger partial charge in [0, 0.05) is 6.54 Å². The number of nitrogen functional groups attached to an aromatic ring is 1. The van der Waals surface area contributed by atoms with Gasteiger partial charge in [-0.05, 0) is 28.6 Å². The average Bonchev–Trinajstić information content (AvgIpc) is 3.65. The van der Waals surface area contributed by atoms with Crippen LogP contribution < -0.4 is 5.73 Å². The molecule has 0 radical (unpaired) electrons. The molecule has 2 aliphatic heterocycles. The van der Waals surface area contributed by atoms with Gasteiger partial charge in [0.1, 0.15) is 30.3 Å². The highest BCUT2D eigenvalue weighted by molar-refractivity contribution is 6.84. The standard InChI is InChI=1S/C29H50N8O5Si2/c1-10-11-12-13-36-14-21(34-35-36)27-33-23-26(30)31-16-32-28(23)37(27)29-24(38)25-22(40-29)15-39-43(17(2)3,18(4)5)42-44(41-25,19(6)7)20(8)9/h14,16-20,22,24-25,29,38H,10-13,15H2,1-9H3,(H2,30,31,32)/t22-,24-,25-,29-/m1/s1. The van der Waals surface area contributed by atoms with E-state index < -0.39 is 41.7 Å². The molecule has 44 heavy (non-hydrogen) atoms. The zero-order valence-electron chi connectivity index (χ0n) is 27.6. The number of aliphatic hydroxyl groups excluding tert-OH is 1. The number of imidazole rings is 1. The Morgan fingerprint density at radius 2 is 1.68 bits per heavy atom. The van der Waals surface area contributed by atoms with Gasteiger partial charge in [-0.2, -0.15) is 0 Å². The fraction of sp³-hybridized carbons (Fsp3) is 0.759. The van der Waals surface area contributed by atoms with Gasteiger partial charge in [0.05, 0.1) is 12.8 Å². The van der Waals surface area contributed by atoms with Gasteiger partial charge in [0.25, 0.3) is 0 Å². The van der Waals surface area contributed by atoms with E-state index >= 15 is 0 Å². The van der Waals surface area contributed by atoms with Crippen LogP contribution in [0.2, 0.25) is 22.2 Å². The molecule has 5 heterocycles. The maximum absolute atomic E-state index is 12.1. The minimum atomic E-state index is -2.98. The van der Waals surface area contributed by atoms with Crippen LogP contribution in [0.3, 0.4) is 0 Å². The minimum absolute atomic E-state index is 0.111. The molecule has 2 saturated heterocycles. The average molecular weight is 647 g/mol. The Balaban J connectivity index is 1.59. The number of anilines is 1. The number of fused-ring (bicyclic) bond motifs is 2. The number of nitrogens with zero attached hydrogens (tertiary/aromatic N) is 7. The smallest absolute Gasteiger partial charge is 0.335 e. The van der Waals surface area contributed by atoms with Crippen LogP contribution in [-0.4, -0.2) is 81.7 Å². The second kappa shape index (κ2) is 12.8. The summed E-state index contributed by atoms with van der Waals surface area (Å²) in [7, 11) is -5.75. The molecule has 2 fully saturated rings. The predicted molar refractivity (Wildman–Crippen MR) is 172 cm³/mol. The fourth-order valence-electron chi connectivity index (χ4n) is 6.73. The number of hydrogen-bond donors (Lipinski definition) is 2. The van der Waals surface area contributed by atoms with Crippen molar-refractivity contribution in [2.45, 2.75) is 135 Å². The Labute approximate surface area is 262 Å². The van der Waals surface area contributed by atoms with Gasteiger partial charge in [-0.3, -0.25) is 9.25 Å². The largest absolute Gasteiger partial charge is 0.414 e. The summed E-state index contributed by atoms with van der Waals surface area (Å²) in [4.78, 5) is 13.5. The maximum atomic E-state index is 12.1. The monoisotopic (exact) mass is 646 g/mol. The molecular weight excluding hydrogens is 597 g/mol. The number of nitrogens with two attached hydrogens (primary N) is 1. The zero-order valence-corrected chi connectivity index (χ0v) is 29.6. The molecular formula is C29H50N8O5Si2. The van der Waals surface area contributed by atoms with Crippen molar-refractivity contribution >= 4 is 34.1 Å². The van der Waals surface area contributed by atoms with Gasteiger partial charge >= 0.3 is 17.1 Å². The van der Waals surface area contributed by atoms with Crippen LogP contribution in [0, 0.1) is 0 Å². The summed E-state index contributed by atoms with van der Waals surface area (Å²) < 4.78 is 31.6. The summed E-state index contributed by atoms with van der Waals surface area (Å²) in [6.07, 6.45) is 3.26. The van der Waals surface area contributed by atoms with E-state index in [1.54, 1.807) is 4.57 Å². The molecule has 0 saturated carbocycles. The Morgan fingerprint density at radius 1 is 1.00 bits per heavy atom. The fourth-order valence-corrected chi connectivity index (χ4v) is 17.9. The van der Waals surface area contributed by atoms with Gasteiger partial charge in [0.15, 0.2) is 29.0 Å². The summed E-state index contributed by atoms with van der Waals surface area (Å²) in [5.74, 6) is 0.668. The summed E-state index contributed by atoms with van der Waals surface area (Å²) in [6.45, 7) is 20.5. The topological polar surface area (TPSA) is 157 Å². The molecule has 0 aliphatic carbocycles. The minimum Gasteiger partial charge on any atom is -0.414 e. The Hall–Kier alpha value is -2.28. The maximum Gasteiger partial charge on any atom is 0.335 e. The number of hydrogen-bond acceptors (Lipinski definition) is 11. The molecule has 0 bridgehead atoms. The number of aryl methyl sites for hydroxylation is 1. The highest BCUT2D eigenvalue weighted by Gasteiger charge is 2.62. The van der Waals surface area contributed by atoms with Crippen molar-refractivity contribution in [3.63, 3.8) is 0 Å². The summed E-state index contributed by atoms with van der Waals surface area (Å²) in [5, 5.41) is 20.8. The number of aliphatic hydroxyl groups is 1. The third-order valence-electron chi connectivity index (χ3n) is 9.16. The van der Waals surface area contributed by atoms with Gasteiger partial charge < -0.3 is 28.5 Å². The van der Waals surface area contributed by atoms with Crippen LogP contribution in [0.15, 0.2) is 12.5 Å². The molecule has 0 spiro atoms. The van der Waals surface area contributed by atoms with Crippen LogP contribution in [0.5, 0.6) is 0 Å². The molecule has 15 heteroatoms. The van der Waals surface area contributed by atoms with E-state index in [4.69, 9.17) is 28.4 Å². The lowest BCUT2D eigenvalue weighted by atomic mass is 10.1. The number of unbranched alkanes of at least 4 members (excludes halogenated alkanes) is 2. The van der Waals surface area contributed by atoms with Crippen molar-refractivity contribution in [1.29, 1.82) is 0 Å². The third-order valence-corrected chi connectivity index (χ3v) is 19.4. The third kappa shape index (κ3) is 5.64. The summed E-state index contributed by atoms with van der Waals surface area (Å²) in [6, 6.07) is 0. The van der Waals surface area contributed by atoms with Crippen molar-refractivity contribution in [2.75, 3.05) is 12.3 Å². The van der Waals surface area contributed by atoms with Crippen LogP contribution >= 0.6 is 0 Å². The van der Waals surface area contributed by atoms with Gasteiger partial charge in [-0.25, -0.2) is 15.0 Å². The second-order valence-corrected chi connectivity index (χ2v) is 22.3. The normalized spacial score (nSPS) is 25.3. The van der Waals surface area contributed by atoms with E-state index in [1.165, 1.54) is 6.33 Å². The van der Waals surface area contributed by atoms with E-state index in [9.17, 15) is 5.11 Å². The Morgan fingerprint density at radius 3 is 2.32 bits per heavy atom. The highest BCUT2D eigenvalue weighted by atomic mass is 28.5. The predicted octanol–water partition coefficient (Wildman–Crippen LogP) is 5.07. The molecule has 3 N–H and O–H groups in total. The number of rotatable bonds is 10. The van der Waals surface area contributed by atoms with Gasteiger partial charge in [0.2, 0.25) is 0 Å². The molecule has 3 aromatic rings. The van der Waals surface area contributed by atoms with Gasteiger partial charge in [-0.1, -0.05) is 80.4 Å². The molecule has 0 amide bonds. The van der Waals surface area contributed by atoms with Crippen molar-refractivity contribution in [3.8, 4) is 11.5 Å². The first kappa shape index (κ1) is 33.1. The van der Waals surface area contributed by atoms with E-state index in [0.29, 0.717) is 22.7 Å². The quantitative estimate of drug-likeness (QED) is 0.224. The van der Waals surface area contributed by atoms with E-state index in [1.807, 2.05) is 10.9 Å². The van der Waals surface area contributed by atoms with Crippen molar-refractivity contribution in [3.05, 3.63) is 12.5 Å². The molecule has 2 aliphatic rings. The molecule has 13 nitrogen and oxygen atoms in total. The zero-order chi connectivity index (χ0) is 32.0. The second-order valence-electron chi connectivity index (χ2n) is 13.4. The van der Waals surface area contributed by atoms with Crippen molar-refractivity contribution in [1.82, 2.24) is 34.5 Å². The van der Waals surface area contributed by atoms with E-state index in [2.05, 4.69) is 82.6 Å². The molecule has 4 atom stereocenters. The van der Waals surface area contributed by atoms with Crippen LogP contribution in [0.25, 0.3) is 22.7 Å². The highest BCUT2D eigenvalue weighted by Crippen LogP contribution is 2.49. The lowest BCUT2D eigenvalue weighted by molar-refractivity contribution is -0.0564. The summed E-state index contributed by atoms with van der Waals surface area (Å²) in [5.41, 5.74) is 8.24. The van der Waals surface area contributed by atoms with E-state index in [0.717, 1.165) is 25.8 Å². The van der Waals surface area contributed by atoms with Crippen LogP contribution in [0.1, 0.15) is 87.8 Å². The van der Waals surface area contributed by atoms with Crippen molar-refractivity contribution < 1.29 is 22.8 Å². The number of aromatic nitrogens is 7. The van der Waals surface area contributed by atoms with Crippen LogP contribution in [-0.2, 0) is 24.2 Å². The first-order valence-electron chi connectivity index (χ1n) is 16.1. The van der Waals surface area contributed by atoms with E-state index in [-0.39, 0.29) is 34.6 Å². The lowest BCUT2D eigenvalue weighted by Crippen LogP contribution is -2.65. The molecule has 5 rings (SSSR count). The first-order valence-corrected chi connectivity index (χ1v) is 20.0. The van der Waals surface area contributed by atoms with Gasteiger partial charge in [-0.15, -0.1) is 5.10 Å². The Kier molecular flexibility index (Phi) is 9.66. The number of ether oxygens (including phenoxy) is 1. The molecule has 244 valence electrons. The Bertz CT molecular complexity index is 1410. The molecule has 3 aromatic heterocycles. The van der Waals surface area contributed by atoms with Crippen molar-refractivity contribution in [2.24, 2.45) is 0 Å². The first-order chi connectivity index (χ1) is 20.9. The van der Waals surface area contributed by atoms with Crippen LogP contribution in [0.4, 0.5) is 5.82 Å². The SMILES string of the molecule is CCCCCn1cc(-c2nc3c(N)ncnc3n2[C@@H]2O[C@@H]3CO[Si](C(C)C)(C(C)C)O[Si](C(C)C)(C(C)C)O[C@H]3[C@H]2O)nn1. The molecule has 0 unspecified atom stereocenters.